The summed E-state index contributed by atoms with van der Waals surface area (Å²) in [5.74, 6) is 4.81. The lowest BCUT2D eigenvalue weighted by atomic mass is 10.2. The van der Waals surface area contributed by atoms with Crippen molar-refractivity contribution >= 4 is 8.07 Å². The zero-order chi connectivity index (χ0) is 10.9. The Labute approximate surface area is 91.2 Å². The van der Waals surface area contributed by atoms with Crippen molar-refractivity contribution in [1.82, 2.24) is 0 Å². The molecule has 15 heavy (non-hydrogen) atoms. The van der Waals surface area contributed by atoms with E-state index in [-0.39, 0.29) is 0 Å². The molecule has 1 aliphatic rings. The molecule has 0 amide bonds. The molecule has 0 aliphatic carbocycles. The van der Waals surface area contributed by atoms with Gasteiger partial charge in [-0.05, 0) is 18.2 Å². The van der Waals surface area contributed by atoms with Gasteiger partial charge in [-0.1, -0.05) is 25.6 Å². The Kier molecular flexibility index (Phi) is 2.45. The summed E-state index contributed by atoms with van der Waals surface area (Å²) in [7, 11) is -1.30. The van der Waals surface area contributed by atoms with Gasteiger partial charge in [0, 0.05) is 5.56 Å². The van der Waals surface area contributed by atoms with Gasteiger partial charge in [0.15, 0.2) is 11.5 Å². The summed E-state index contributed by atoms with van der Waals surface area (Å²) in [6.07, 6.45) is 0. The summed E-state index contributed by atoms with van der Waals surface area (Å²) in [6.45, 7) is 7.01. The van der Waals surface area contributed by atoms with Gasteiger partial charge in [0.05, 0.1) is 0 Å². The summed E-state index contributed by atoms with van der Waals surface area (Å²) in [4.78, 5) is 0. The molecule has 0 N–H and O–H groups in total. The lowest BCUT2D eigenvalue weighted by Gasteiger charge is -2.03. The third-order valence-corrected chi connectivity index (χ3v) is 2.83. The van der Waals surface area contributed by atoms with Gasteiger partial charge >= 0.3 is 0 Å². The fraction of sp³-hybridized carbons (Fsp3) is 0.333. The highest BCUT2D eigenvalue weighted by atomic mass is 28.3. The van der Waals surface area contributed by atoms with E-state index < -0.39 is 8.07 Å². The van der Waals surface area contributed by atoms with Crippen molar-refractivity contribution in [2.24, 2.45) is 0 Å². The average molecular weight is 218 g/mol. The molecule has 1 heterocycles. The molecular formula is C12H14O2Si. The fourth-order valence-electron chi connectivity index (χ4n) is 1.23. The second kappa shape index (κ2) is 3.63. The molecule has 78 valence electrons. The minimum absolute atomic E-state index is 0.320. The molecule has 2 nitrogen and oxygen atoms in total. The smallest absolute Gasteiger partial charge is 0.231 e. The third-order valence-electron chi connectivity index (χ3n) is 1.95. The Balaban J connectivity index is 2.27. The molecule has 0 unspecified atom stereocenters. The van der Waals surface area contributed by atoms with Crippen molar-refractivity contribution in [3.63, 3.8) is 0 Å². The van der Waals surface area contributed by atoms with Gasteiger partial charge in [0.2, 0.25) is 6.79 Å². The first-order valence-electron chi connectivity index (χ1n) is 4.97. The maximum Gasteiger partial charge on any atom is 0.231 e. The van der Waals surface area contributed by atoms with Gasteiger partial charge in [-0.2, -0.15) is 0 Å². The van der Waals surface area contributed by atoms with E-state index in [0.29, 0.717) is 6.79 Å². The Bertz CT molecular complexity index is 435. The predicted octanol–water partition coefficient (Wildman–Crippen LogP) is 2.64. The summed E-state index contributed by atoms with van der Waals surface area (Å²) in [5.41, 5.74) is 4.32. The van der Waals surface area contributed by atoms with Gasteiger partial charge in [-0.3, -0.25) is 0 Å². The molecule has 0 radical (unpaired) electrons. The lowest BCUT2D eigenvalue weighted by molar-refractivity contribution is 0.174. The second-order valence-corrected chi connectivity index (χ2v) is 9.32. The van der Waals surface area contributed by atoms with E-state index in [0.717, 1.165) is 17.1 Å². The molecule has 1 aliphatic heterocycles. The SMILES string of the molecule is C[Si](C)(C)C#Cc1ccc2c(c1)OCO2. The van der Waals surface area contributed by atoms with E-state index in [1.54, 1.807) is 0 Å². The van der Waals surface area contributed by atoms with E-state index in [2.05, 4.69) is 31.1 Å². The highest BCUT2D eigenvalue weighted by Gasteiger charge is 2.13. The second-order valence-electron chi connectivity index (χ2n) is 4.57. The molecule has 0 fully saturated rings. The molecule has 1 aromatic carbocycles. The molecule has 0 spiro atoms. The van der Waals surface area contributed by atoms with Gasteiger partial charge in [0.1, 0.15) is 8.07 Å². The fourth-order valence-corrected chi connectivity index (χ4v) is 1.75. The van der Waals surface area contributed by atoms with Crippen LogP contribution in [0.4, 0.5) is 0 Å². The first-order chi connectivity index (χ1) is 7.04. The Hall–Kier alpha value is -1.40. The van der Waals surface area contributed by atoms with Crippen LogP contribution in [0.2, 0.25) is 19.6 Å². The predicted molar refractivity (Wildman–Crippen MR) is 62.8 cm³/mol. The summed E-state index contributed by atoms with van der Waals surface area (Å²) in [6, 6.07) is 5.83. The quantitative estimate of drug-likeness (QED) is 0.492. The largest absolute Gasteiger partial charge is 0.454 e. The Morgan fingerprint density at radius 1 is 1.13 bits per heavy atom. The number of hydrogen-bond acceptors (Lipinski definition) is 2. The van der Waals surface area contributed by atoms with Crippen LogP contribution < -0.4 is 9.47 Å². The van der Waals surface area contributed by atoms with E-state index in [4.69, 9.17) is 9.47 Å². The van der Waals surface area contributed by atoms with E-state index >= 15 is 0 Å². The lowest BCUT2D eigenvalue weighted by Crippen LogP contribution is -2.16. The monoisotopic (exact) mass is 218 g/mol. The van der Waals surface area contributed by atoms with Crippen LogP contribution >= 0.6 is 0 Å². The molecule has 2 rings (SSSR count). The molecule has 0 saturated heterocycles. The molecular weight excluding hydrogens is 204 g/mol. The van der Waals surface area contributed by atoms with Gasteiger partial charge in [0.25, 0.3) is 0 Å². The number of hydrogen-bond donors (Lipinski definition) is 0. The van der Waals surface area contributed by atoms with Gasteiger partial charge in [-0.25, -0.2) is 0 Å². The van der Waals surface area contributed by atoms with Crippen LogP contribution in [0.15, 0.2) is 18.2 Å². The standard InChI is InChI=1S/C12H14O2Si/c1-15(2,3)7-6-10-4-5-11-12(8-10)14-9-13-11/h4-5,8H,9H2,1-3H3. The molecule has 0 aromatic heterocycles. The van der Waals surface area contributed by atoms with Crippen LogP contribution in [0.1, 0.15) is 5.56 Å². The Morgan fingerprint density at radius 2 is 1.87 bits per heavy atom. The maximum absolute atomic E-state index is 5.29. The van der Waals surface area contributed by atoms with Crippen LogP contribution in [0.25, 0.3) is 0 Å². The third kappa shape index (κ3) is 2.54. The number of rotatable bonds is 0. The van der Waals surface area contributed by atoms with Crippen molar-refractivity contribution in [2.75, 3.05) is 6.79 Å². The van der Waals surface area contributed by atoms with Gasteiger partial charge in [-0.15, -0.1) is 5.54 Å². The van der Waals surface area contributed by atoms with Crippen molar-refractivity contribution < 1.29 is 9.47 Å². The van der Waals surface area contributed by atoms with E-state index in [1.807, 2.05) is 18.2 Å². The number of benzene rings is 1. The normalized spacial score (nSPS) is 13.3. The van der Waals surface area contributed by atoms with Crippen LogP contribution in [-0.2, 0) is 0 Å². The highest BCUT2D eigenvalue weighted by Crippen LogP contribution is 2.32. The topological polar surface area (TPSA) is 18.5 Å². The number of ether oxygens (including phenoxy) is 2. The molecule has 3 heteroatoms. The van der Waals surface area contributed by atoms with E-state index in [9.17, 15) is 0 Å². The maximum atomic E-state index is 5.29. The Morgan fingerprint density at radius 3 is 2.60 bits per heavy atom. The zero-order valence-corrected chi connectivity index (χ0v) is 10.3. The van der Waals surface area contributed by atoms with Gasteiger partial charge < -0.3 is 9.47 Å². The first kappa shape index (κ1) is 10.1. The molecule has 0 bridgehead atoms. The molecule has 0 atom stereocenters. The minimum Gasteiger partial charge on any atom is -0.454 e. The van der Waals surface area contributed by atoms with Crippen molar-refractivity contribution in [2.45, 2.75) is 19.6 Å². The van der Waals surface area contributed by atoms with Crippen LogP contribution in [-0.4, -0.2) is 14.9 Å². The van der Waals surface area contributed by atoms with Crippen molar-refractivity contribution in [1.29, 1.82) is 0 Å². The zero-order valence-electron chi connectivity index (χ0n) is 9.26. The molecule has 0 saturated carbocycles. The van der Waals surface area contributed by atoms with E-state index in [1.165, 1.54) is 0 Å². The summed E-state index contributed by atoms with van der Waals surface area (Å²) in [5, 5.41) is 0. The number of fused-ring (bicyclic) bond motifs is 1. The van der Waals surface area contributed by atoms with Crippen LogP contribution in [0.5, 0.6) is 11.5 Å². The first-order valence-corrected chi connectivity index (χ1v) is 8.47. The average Bonchev–Trinajstić information content (AvgIpc) is 2.60. The highest BCUT2D eigenvalue weighted by molar-refractivity contribution is 6.83. The van der Waals surface area contributed by atoms with Crippen molar-refractivity contribution in [3.8, 4) is 23.0 Å². The summed E-state index contributed by atoms with van der Waals surface area (Å²) < 4.78 is 10.5. The molecule has 1 aromatic rings. The van der Waals surface area contributed by atoms with Crippen LogP contribution in [0, 0.1) is 11.5 Å². The minimum atomic E-state index is -1.30. The van der Waals surface area contributed by atoms with Crippen LogP contribution in [0.3, 0.4) is 0 Å². The summed E-state index contributed by atoms with van der Waals surface area (Å²) >= 11 is 0. The van der Waals surface area contributed by atoms with Crippen molar-refractivity contribution in [3.05, 3.63) is 23.8 Å².